The normalized spacial score (nSPS) is 10.8. The van der Waals surface area contributed by atoms with Gasteiger partial charge in [-0.2, -0.15) is 4.98 Å². The van der Waals surface area contributed by atoms with Crippen molar-refractivity contribution in [1.29, 1.82) is 0 Å². The Morgan fingerprint density at radius 1 is 1.23 bits per heavy atom. The molecule has 0 bridgehead atoms. The van der Waals surface area contributed by atoms with Gasteiger partial charge >= 0.3 is 5.97 Å². The molecule has 0 aliphatic heterocycles. The third-order valence-corrected chi connectivity index (χ3v) is 4.13. The summed E-state index contributed by atoms with van der Waals surface area (Å²) in [6, 6.07) is 9.46. The second-order valence-electron chi connectivity index (χ2n) is 5.85. The van der Waals surface area contributed by atoms with E-state index in [2.05, 4.69) is 10.1 Å². The molecule has 0 atom stereocenters. The van der Waals surface area contributed by atoms with E-state index in [1.165, 1.54) is 0 Å². The number of nitrogens with zero attached hydrogens (tertiary/aromatic N) is 3. The number of methoxy groups -OCH3 is 1. The molecule has 0 amide bonds. The molecule has 2 heterocycles. The maximum atomic E-state index is 12.5. The van der Waals surface area contributed by atoms with Crippen LogP contribution >= 0.6 is 0 Å². The van der Waals surface area contributed by atoms with Crippen LogP contribution in [0.5, 0.6) is 5.75 Å². The van der Waals surface area contributed by atoms with Crippen LogP contribution in [-0.2, 0) is 17.8 Å². The second kappa shape index (κ2) is 7.43. The van der Waals surface area contributed by atoms with E-state index < -0.39 is 5.97 Å². The van der Waals surface area contributed by atoms with Crippen LogP contribution in [0.2, 0.25) is 0 Å². The van der Waals surface area contributed by atoms with Gasteiger partial charge in [-0.05, 0) is 44.2 Å². The summed E-state index contributed by atoms with van der Waals surface area (Å²) in [4.78, 5) is 16.6. The summed E-state index contributed by atoms with van der Waals surface area (Å²) in [6.07, 6.45) is 0.667. The first-order valence-electron chi connectivity index (χ1n) is 8.35. The number of aromatic nitrogens is 3. The molecule has 1 aromatic carbocycles. The van der Waals surface area contributed by atoms with Crippen LogP contribution in [0.25, 0.3) is 5.69 Å². The Morgan fingerprint density at radius 3 is 2.58 bits per heavy atom. The van der Waals surface area contributed by atoms with Gasteiger partial charge in [-0.25, -0.2) is 4.79 Å². The van der Waals surface area contributed by atoms with Gasteiger partial charge in [0.15, 0.2) is 12.4 Å². The zero-order valence-electron chi connectivity index (χ0n) is 15.3. The Kier molecular flexibility index (Phi) is 5.06. The van der Waals surface area contributed by atoms with E-state index in [-0.39, 0.29) is 6.61 Å². The molecule has 7 heteroatoms. The fraction of sp³-hybridized carbons (Fsp3) is 0.316. The van der Waals surface area contributed by atoms with Crippen molar-refractivity contribution in [2.75, 3.05) is 7.11 Å². The molecule has 0 aliphatic rings. The van der Waals surface area contributed by atoms with E-state index in [9.17, 15) is 4.79 Å². The molecule has 0 saturated carbocycles. The topological polar surface area (TPSA) is 79.4 Å². The van der Waals surface area contributed by atoms with Crippen LogP contribution in [0, 0.1) is 13.8 Å². The lowest BCUT2D eigenvalue weighted by Crippen LogP contribution is -2.07. The van der Waals surface area contributed by atoms with Crippen LogP contribution in [-0.4, -0.2) is 27.8 Å². The highest BCUT2D eigenvalue weighted by Crippen LogP contribution is 2.23. The largest absolute Gasteiger partial charge is 0.497 e. The Labute approximate surface area is 151 Å². The van der Waals surface area contributed by atoms with Crippen molar-refractivity contribution in [3.05, 3.63) is 59.0 Å². The second-order valence-corrected chi connectivity index (χ2v) is 5.85. The third kappa shape index (κ3) is 3.46. The van der Waals surface area contributed by atoms with E-state index in [0.717, 1.165) is 22.8 Å². The summed E-state index contributed by atoms with van der Waals surface area (Å²) in [6.45, 7) is 5.71. The number of carbonyl (C=O) groups excluding carboxylic acids is 1. The molecule has 0 saturated heterocycles. The fourth-order valence-electron chi connectivity index (χ4n) is 2.80. The first-order valence-corrected chi connectivity index (χ1v) is 8.35. The highest BCUT2D eigenvalue weighted by molar-refractivity contribution is 5.91. The molecule has 0 fully saturated rings. The Morgan fingerprint density at radius 2 is 1.96 bits per heavy atom. The average Bonchev–Trinajstić information content (AvgIpc) is 3.24. The quantitative estimate of drug-likeness (QED) is 0.631. The smallest absolute Gasteiger partial charge is 0.340 e. The van der Waals surface area contributed by atoms with E-state index in [0.29, 0.717) is 23.7 Å². The van der Waals surface area contributed by atoms with Gasteiger partial charge in [0.05, 0.1) is 12.7 Å². The monoisotopic (exact) mass is 355 g/mol. The highest BCUT2D eigenvalue weighted by atomic mass is 16.6. The van der Waals surface area contributed by atoms with Crippen LogP contribution < -0.4 is 4.74 Å². The summed E-state index contributed by atoms with van der Waals surface area (Å²) < 4.78 is 17.5. The van der Waals surface area contributed by atoms with Gasteiger partial charge in [0.2, 0.25) is 0 Å². The molecule has 3 rings (SSSR count). The Hall–Kier alpha value is -3.09. The van der Waals surface area contributed by atoms with Gasteiger partial charge in [-0.3, -0.25) is 0 Å². The predicted molar refractivity (Wildman–Crippen MR) is 94.6 cm³/mol. The number of hydrogen-bond acceptors (Lipinski definition) is 6. The molecule has 0 radical (unpaired) electrons. The van der Waals surface area contributed by atoms with Crippen LogP contribution in [0.1, 0.15) is 40.4 Å². The maximum Gasteiger partial charge on any atom is 0.340 e. The van der Waals surface area contributed by atoms with E-state index >= 15 is 0 Å². The first kappa shape index (κ1) is 17.7. The Bertz CT molecular complexity index is 910. The van der Waals surface area contributed by atoms with Gasteiger partial charge in [-0.1, -0.05) is 12.1 Å². The number of esters is 1. The first-order chi connectivity index (χ1) is 12.5. The molecule has 0 aliphatic carbocycles. The molecule has 3 aromatic rings. The van der Waals surface area contributed by atoms with E-state index in [1.807, 2.05) is 55.7 Å². The van der Waals surface area contributed by atoms with Crippen LogP contribution in [0.4, 0.5) is 0 Å². The molecule has 136 valence electrons. The van der Waals surface area contributed by atoms with Gasteiger partial charge in [0, 0.05) is 23.5 Å². The van der Waals surface area contributed by atoms with Gasteiger partial charge in [0.25, 0.3) is 5.89 Å². The number of ether oxygens (including phenoxy) is 2. The average molecular weight is 355 g/mol. The zero-order chi connectivity index (χ0) is 18.7. The molecule has 2 aromatic heterocycles. The number of hydrogen-bond donors (Lipinski definition) is 0. The molecule has 0 spiro atoms. The van der Waals surface area contributed by atoms with Crippen LogP contribution in [0.15, 0.2) is 34.9 Å². The molecular weight excluding hydrogens is 334 g/mol. The highest BCUT2D eigenvalue weighted by Gasteiger charge is 2.19. The van der Waals surface area contributed by atoms with E-state index in [1.54, 1.807) is 7.11 Å². The molecule has 0 unspecified atom stereocenters. The van der Waals surface area contributed by atoms with Crippen molar-refractivity contribution in [1.82, 2.24) is 14.7 Å². The number of benzene rings is 1. The summed E-state index contributed by atoms with van der Waals surface area (Å²) in [5, 5.41) is 3.78. The number of aryl methyl sites for hydroxylation is 2. The van der Waals surface area contributed by atoms with Gasteiger partial charge < -0.3 is 18.6 Å². The lowest BCUT2D eigenvalue weighted by Gasteiger charge is -2.10. The Balaban J connectivity index is 1.78. The number of carbonyl (C=O) groups is 1. The van der Waals surface area contributed by atoms with Crippen molar-refractivity contribution < 1.29 is 18.8 Å². The van der Waals surface area contributed by atoms with Crippen molar-refractivity contribution in [2.45, 2.75) is 33.8 Å². The fourth-order valence-corrected chi connectivity index (χ4v) is 2.80. The van der Waals surface area contributed by atoms with Crippen molar-refractivity contribution in [3.8, 4) is 11.4 Å². The minimum atomic E-state index is -0.422. The predicted octanol–water partition coefficient (Wildman–Crippen LogP) is 3.41. The summed E-state index contributed by atoms with van der Waals surface area (Å²) in [5.41, 5.74) is 3.20. The van der Waals surface area contributed by atoms with E-state index in [4.69, 9.17) is 14.0 Å². The van der Waals surface area contributed by atoms with Gasteiger partial charge in [-0.15, -0.1) is 0 Å². The van der Waals surface area contributed by atoms with Crippen LogP contribution in [0.3, 0.4) is 0 Å². The van der Waals surface area contributed by atoms with Crippen molar-refractivity contribution >= 4 is 5.97 Å². The van der Waals surface area contributed by atoms with Crippen molar-refractivity contribution in [2.24, 2.45) is 0 Å². The molecular formula is C19H21N3O4. The summed E-state index contributed by atoms with van der Waals surface area (Å²) in [7, 11) is 1.63. The summed E-state index contributed by atoms with van der Waals surface area (Å²) in [5.74, 6) is 1.24. The van der Waals surface area contributed by atoms with Crippen molar-refractivity contribution in [3.63, 3.8) is 0 Å². The zero-order valence-corrected chi connectivity index (χ0v) is 15.3. The molecule has 7 nitrogen and oxygen atoms in total. The SMILES string of the molecule is CCc1noc(COC(=O)c2cc(C)n(-c3ccc(OC)cc3)c2C)n1. The number of rotatable bonds is 6. The summed E-state index contributed by atoms with van der Waals surface area (Å²) >= 11 is 0. The minimum absolute atomic E-state index is 0.0436. The molecule has 26 heavy (non-hydrogen) atoms. The lowest BCUT2D eigenvalue weighted by molar-refractivity contribution is 0.0429. The molecule has 0 N–H and O–H groups in total. The third-order valence-electron chi connectivity index (χ3n) is 4.13. The standard InChI is InChI=1S/C19H21N3O4/c1-5-17-20-18(26-21-17)11-25-19(23)16-10-12(2)22(13(16)3)14-6-8-15(24-4)9-7-14/h6-10H,5,11H2,1-4H3. The lowest BCUT2D eigenvalue weighted by atomic mass is 10.2. The maximum absolute atomic E-state index is 12.5. The minimum Gasteiger partial charge on any atom is -0.497 e. The van der Waals surface area contributed by atoms with Gasteiger partial charge in [0.1, 0.15) is 5.75 Å².